The number of ether oxygens (including phenoxy) is 1. The molecule has 0 radical (unpaired) electrons. The zero-order valence-corrected chi connectivity index (χ0v) is 20.8. The van der Waals surface area contributed by atoms with Gasteiger partial charge in [-0.3, -0.25) is 4.98 Å². The number of nitrogens with zero attached hydrogens (tertiary/aromatic N) is 3. The molecule has 1 unspecified atom stereocenters. The number of carbonyl (C=O) groups is 1. The van der Waals surface area contributed by atoms with Gasteiger partial charge in [0.25, 0.3) is 0 Å². The molecular formula is C26H33N3O2Si. The number of aromatic nitrogens is 3. The Morgan fingerprint density at radius 2 is 1.97 bits per heavy atom. The predicted molar refractivity (Wildman–Crippen MR) is 133 cm³/mol. The number of rotatable bonds is 5. The van der Waals surface area contributed by atoms with E-state index in [1.165, 1.54) is 0 Å². The molecule has 2 aromatic heterocycles. The Balaban J connectivity index is 1.80. The van der Waals surface area contributed by atoms with Gasteiger partial charge in [0.1, 0.15) is 13.5 Å². The first kappa shape index (κ1) is 22.6. The summed E-state index contributed by atoms with van der Waals surface area (Å²) in [4.78, 5) is 17.9. The zero-order chi connectivity index (χ0) is 22.9. The van der Waals surface area contributed by atoms with Crippen LogP contribution in [0.25, 0.3) is 23.1 Å². The first-order chi connectivity index (χ1) is 15.2. The molecule has 3 heterocycles. The van der Waals surface area contributed by atoms with Crippen LogP contribution in [0, 0.1) is 0 Å². The van der Waals surface area contributed by atoms with Crippen LogP contribution in [0.2, 0.25) is 18.1 Å². The second kappa shape index (κ2) is 8.75. The summed E-state index contributed by atoms with van der Waals surface area (Å²) in [6.07, 6.45) is 8.85. The Morgan fingerprint density at radius 3 is 2.62 bits per heavy atom. The number of hydrogen-bond donors (Lipinski definition) is 0. The monoisotopic (exact) mass is 447 g/mol. The third-order valence-electron chi connectivity index (χ3n) is 6.97. The van der Waals surface area contributed by atoms with Crippen LogP contribution in [-0.2, 0) is 4.74 Å². The lowest BCUT2D eigenvalue weighted by Gasteiger charge is -2.35. The minimum absolute atomic E-state index is 0.0130. The van der Waals surface area contributed by atoms with E-state index < -0.39 is 8.07 Å². The Hall–Kier alpha value is -2.57. The fourth-order valence-electron chi connectivity index (χ4n) is 3.91. The number of carbonyl (C=O) groups excluding carboxylic acids is 1. The maximum atomic E-state index is 13.5. The lowest BCUT2D eigenvalue weighted by molar-refractivity contribution is -0.0367. The molecule has 1 aromatic carbocycles. The van der Waals surface area contributed by atoms with Crippen LogP contribution in [-0.4, -0.2) is 34.9 Å². The minimum Gasteiger partial charge on any atom is -0.356 e. The predicted octanol–water partition coefficient (Wildman–Crippen LogP) is 6.53. The van der Waals surface area contributed by atoms with E-state index >= 15 is 0 Å². The van der Waals surface area contributed by atoms with Gasteiger partial charge in [-0.15, -0.1) is 0 Å². The van der Waals surface area contributed by atoms with Crippen molar-refractivity contribution in [1.82, 2.24) is 14.8 Å². The van der Waals surface area contributed by atoms with Crippen LogP contribution in [0.3, 0.4) is 0 Å². The van der Waals surface area contributed by atoms with E-state index in [1.54, 1.807) is 6.20 Å². The van der Waals surface area contributed by atoms with Crippen LogP contribution in [0.5, 0.6) is 0 Å². The molecule has 4 rings (SSSR count). The molecule has 0 aliphatic carbocycles. The van der Waals surface area contributed by atoms with Gasteiger partial charge < -0.3 is 9.53 Å². The fourth-order valence-corrected chi connectivity index (χ4v) is 5.46. The third kappa shape index (κ3) is 4.34. The Bertz CT molecular complexity index is 1140. The standard InChI is InChI=1S/C26H33N3O2Si/c1-26(2,3)32(4,5)25(30)19-12-15-23-21(18-19)22(14-13-20-10-6-8-16-27-20)28-29(23)24-11-7-9-17-31-24/h6,8,10,12-16,18,24H,7,9,11,17H2,1-5H3. The lowest BCUT2D eigenvalue weighted by Crippen LogP contribution is -2.46. The van der Waals surface area contributed by atoms with Crippen molar-refractivity contribution in [3.05, 3.63) is 59.5 Å². The third-order valence-corrected chi connectivity index (χ3v) is 12.1. The van der Waals surface area contributed by atoms with E-state index in [1.807, 2.05) is 53.2 Å². The summed E-state index contributed by atoms with van der Waals surface area (Å²) in [5.41, 5.74) is 3.49. The van der Waals surface area contributed by atoms with Gasteiger partial charge in [-0.2, -0.15) is 5.10 Å². The topological polar surface area (TPSA) is 57.0 Å². The van der Waals surface area contributed by atoms with Crippen molar-refractivity contribution in [2.24, 2.45) is 0 Å². The Kier molecular flexibility index (Phi) is 6.19. The van der Waals surface area contributed by atoms with E-state index in [0.29, 0.717) is 0 Å². The average Bonchev–Trinajstić information content (AvgIpc) is 3.15. The largest absolute Gasteiger partial charge is 0.356 e. The number of pyridine rings is 1. The van der Waals surface area contributed by atoms with E-state index in [-0.39, 0.29) is 16.7 Å². The van der Waals surface area contributed by atoms with Crippen molar-refractivity contribution in [3.63, 3.8) is 0 Å². The summed E-state index contributed by atoms with van der Waals surface area (Å²) in [6.45, 7) is 11.6. The van der Waals surface area contributed by atoms with Crippen molar-refractivity contribution < 1.29 is 9.53 Å². The Morgan fingerprint density at radius 1 is 1.16 bits per heavy atom. The smallest absolute Gasteiger partial charge is 0.150 e. The van der Waals surface area contributed by atoms with Gasteiger partial charge in [0.2, 0.25) is 0 Å². The number of hydrogen-bond acceptors (Lipinski definition) is 4. The van der Waals surface area contributed by atoms with Crippen molar-refractivity contribution in [1.29, 1.82) is 0 Å². The van der Waals surface area contributed by atoms with E-state index in [0.717, 1.165) is 53.7 Å². The second-order valence-corrected chi connectivity index (χ2v) is 15.4. The maximum absolute atomic E-state index is 13.5. The fraction of sp³-hybridized carbons (Fsp3) is 0.423. The summed E-state index contributed by atoms with van der Waals surface area (Å²) in [5, 5.41) is 6.17. The van der Waals surface area contributed by atoms with Crippen molar-refractivity contribution in [2.45, 2.75) is 64.4 Å². The molecule has 0 spiro atoms. The first-order valence-electron chi connectivity index (χ1n) is 11.5. The van der Waals surface area contributed by atoms with Crippen LogP contribution in [0.1, 0.15) is 68.0 Å². The molecule has 0 amide bonds. The van der Waals surface area contributed by atoms with Gasteiger partial charge in [-0.05, 0) is 66.8 Å². The SMILES string of the molecule is CC(C)(C)[Si](C)(C)C(=O)c1ccc2c(c1)c(C=Cc1ccccn1)nn2C1CCCCO1. The lowest BCUT2D eigenvalue weighted by atomic mass is 10.1. The van der Waals surface area contributed by atoms with Gasteiger partial charge in [-0.25, -0.2) is 4.68 Å². The summed E-state index contributed by atoms with van der Waals surface area (Å²) in [6, 6.07) is 11.9. The highest BCUT2D eigenvalue weighted by Gasteiger charge is 2.42. The molecule has 1 aliphatic heterocycles. The van der Waals surface area contributed by atoms with Crippen molar-refractivity contribution in [2.75, 3.05) is 6.61 Å². The van der Waals surface area contributed by atoms with Crippen LogP contribution < -0.4 is 0 Å². The highest BCUT2D eigenvalue weighted by molar-refractivity contribution is 7.08. The molecule has 5 nitrogen and oxygen atoms in total. The average molecular weight is 448 g/mol. The zero-order valence-electron chi connectivity index (χ0n) is 19.8. The summed E-state index contributed by atoms with van der Waals surface area (Å²) in [5.74, 6) is 0. The maximum Gasteiger partial charge on any atom is 0.150 e. The number of benzene rings is 1. The molecule has 1 fully saturated rings. The van der Waals surface area contributed by atoms with Gasteiger partial charge in [0, 0.05) is 23.8 Å². The first-order valence-corrected chi connectivity index (χ1v) is 14.5. The van der Waals surface area contributed by atoms with Gasteiger partial charge in [0.15, 0.2) is 6.23 Å². The van der Waals surface area contributed by atoms with E-state index in [9.17, 15) is 4.79 Å². The van der Waals surface area contributed by atoms with Gasteiger partial charge in [-0.1, -0.05) is 39.9 Å². The molecule has 0 bridgehead atoms. The molecule has 1 aliphatic rings. The molecule has 168 valence electrons. The molecule has 0 N–H and O–H groups in total. The Labute approximate surface area is 191 Å². The van der Waals surface area contributed by atoms with Gasteiger partial charge in [0.05, 0.1) is 16.9 Å². The molecule has 1 saturated heterocycles. The van der Waals surface area contributed by atoms with Crippen LogP contribution in [0.15, 0.2) is 42.6 Å². The normalized spacial score (nSPS) is 17.8. The van der Waals surface area contributed by atoms with E-state index in [4.69, 9.17) is 9.84 Å². The molecule has 3 aromatic rings. The minimum atomic E-state index is -2.17. The molecule has 6 heteroatoms. The van der Waals surface area contributed by atoms with Crippen LogP contribution >= 0.6 is 0 Å². The second-order valence-electron chi connectivity index (χ2n) is 10.2. The van der Waals surface area contributed by atoms with Gasteiger partial charge >= 0.3 is 0 Å². The number of fused-ring (bicyclic) bond motifs is 1. The summed E-state index contributed by atoms with van der Waals surface area (Å²) in [7, 11) is -2.17. The van der Waals surface area contributed by atoms with Crippen LogP contribution in [0.4, 0.5) is 0 Å². The molecule has 32 heavy (non-hydrogen) atoms. The molecule has 1 atom stereocenters. The van der Waals surface area contributed by atoms with Crippen molar-refractivity contribution >= 4 is 36.5 Å². The van der Waals surface area contributed by atoms with Crippen molar-refractivity contribution in [3.8, 4) is 0 Å². The summed E-state index contributed by atoms with van der Waals surface area (Å²) >= 11 is 0. The molecular weight excluding hydrogens is 414 g/mol. The summed E-state index contributed by atoms with van der Waals surface area (Å²) < 4.78 is 8.02. The van der Waals surface area contributed by atoms with E-state index in [2.05, 4.69) is 38.8 Å². The highest BCUT2D eigenvalue weighted by atomic mass is 28.3. The quantitative estimate of drug-likeness (QED) is 0.417. The molecule has 0 saturated carbocycles. The highest BCUT2D eigenvalue weighted by Crippen LogP contribution is 2.38.